The van der Waals surface area contributed by atoms with Gasteiger partial charge in [0.15, 0.2) is 0 Å². The lowest BCUT2D eigenvalue weighted by Crippen LogP contribution is -2.22. The lowest BCUT2D eigenvalue weighted by molar-refractivity contribution is 0.0572. The van der Waals surface area contributed by atoms with Gasteiger partial charge in [-0.1, -0.05) is 11.6 Å². The van der Waals surface area contributed by atoms with Crippen LogP contribution in [0.25, 0.3) is 0 Å². The van der Waals surface area contributed by atoms with Crippen molar-refractivity contribution in [2.75, 3.05) is 18.0 Å². The third-order valence-corrected chi connectivity index (χ3v) is 2.59. The molecular weight excluding hydrogens is 204 g/mol. The second-order valence-electron chi connectivity index (χ2n) is 3.35. The highest BCUT2D eigenvalue weighted by atomic mass is 35.5. The molecule has 1 aliphatic rings. The molecule has 2 rings (SSSR count). The molecule has 0 spiro atoms. The molecule has 14 heavy (non-hydrogen) atoms. The van der Waals surface area contributed by atoms with E-state index in [2.05, 4.69) is 4.98 Å². The zero-order chi connectivity index (χ0) is 10.1. The predicted molar refractivity (Wildman–Crippen MR) is 53.5 cm³/mol. The van der Waals surface area contributed by atoms with E-state index in [0.29, 0.717) is 23.9 Å². The molecule has 1 aromatic heterocycles. The highest BCUT2D eigenvalue weighted by Crippen LogP contribution is 2.25. The summed E-state index contributed by atoms with van der Waals surface area (Å²) in [7, 11) is 0. The van der Waals surface area contributed by atoms with Crippen LogP contribution < -0.4 is 4.90 Å². The van der Waals surface area contributed by atoms with E-state index in [1.165, 1.54) is 0 Å². The molecule has 4 nitrogen and oxygen atoms in total. The first-order valence-electron chi connectivity index (χ1n) is 4.40. The molecule has 1 aliphatic heterocycles. The fraction of sp³-hybridized carbons (Fsp3) is 0.444. The molecule has 0 radical (unpaired) electrons. The summed E-state index contributed by atoms with van der Waals surface area (Å²) in [5.41, 5.74) is 0. The van der Waals surface area contributed by atoms with Gasteiger partial charge in [-0.05, 0) is 12.1 Å². The number of halogens is 1. The number of nitrogens with zero attached hydrogens (tertiary/aromatic N) is 2. The summed E-state index contributed by atoms with van der Waals surface area (Å²) in [4.78, 5) is 5.88. The van der Waals surface area contributed by atoms with Gasteiger partial charge >= 0.3 is 0 Å². The number of aliphatic hydroxyl groups is 2. The Hall–Kier alpha value is -0.840. The first-order valence-corrected chi connectivity index (χ1v) is 4.78. The third-order valence-electron chi connectivity index (χ3n) is 2.30. The number of rotatable bonds is 1. The molecule has 2 atom stereocenters. The Kier molecular flexibility index (Phi) is 2.58. The van der Waals surface area contributed by atoms with Crippen molar-refractivity contribution < 1.29 is 10.2 Å². The minimum Gasteiger partial charge on any atom is -0.389 e. The lowest BCUT2D eigenvalue weighted by atomic mass is 10.3. The monoisotopic (exact) mass is 214 g/mol. The smallest absolute Gasteiger partial charge is 0.147 e. The van der Waals surface area contributed by atoms with Gasteiger partial charge in [-0.25, -0.2) is 4.98 Å². The van der Waals surface area contributed by atoms with Gasteiger partial charge in [0.1, 0.15) is 5.82 Å². The summed E-state index contributed by atoms with van der Waals surface area (Å²) in [5.74, 6) is 0.616. The van der Waals surface area contributed by atoms with E-state index in [0.717, 1.165) is 0 Å². The van der Waals surface area contributed by atoms with Crippen molar-refractivity contribution in [1.82, 2.24) is 4.98 Å². The zero-order valence-electron chi connectivity index (χ0n) is 7.47. The first-order chi connectivity index (χ1) is 6.68. The van der Waals surface area contributed by atoms with Crippen molar-refractivity contribution in [1.29, 1.82) is 0 Å². The molecule has 2 heterocycles. The highest BCUT2D eigenvalue weighted by molar-refractivity contribution is 6.32. The highest BCUT2D eigenvalue weighted by Gasteiger charge is 2.31. The number of pyridine rings is 1. The summed E-state index contributed by atoms with van der Waals surface area (Å²) in [6, 6.07) is 3.48. The molecule has 0 saturated carbocycles. The number of hydrogen-bond acceptors (Lipinski definition) is 4. The molecule has 0 aromatic carbocycles. The number of aromatic nitrogens is 1. The molecule has 1 aromatic rings. The Morgan fingerprint density at radius 1 is 1.36 bits per heavy atom. The quantitative estimate of drug-likeness (QED) is 0.705. The van der Waals surface area contributed by atoms with Crippen LogP contribution >= 0.6 is 11.6 Å². The molecule has 1 fully saturated rings. The lowest BCUT2D eigenvalue weighted by Gasteiger charge is -2.16. The normalized spacial score (nSPS) is 26.9. The van der Waals surface area contributed by atoms with Gasteiger partial charge in [0.2, 0.25) is 0 Å². The standard InChI is InChI=1S/C9H11ClN2O2/c10-6-2-1-3-11-9(6)12-4-7(13)8(14)5-12/h1-3,7-8,13-14H,4-5H2. The van der Waals surface area contributed by atoms with Crippen LogP contribution in [0.4, 0.5) is 5.82 Å². The van der Waals surface area contributed by atoms with Crippen molar-refractivity contribution in [3.63, 3.8) is 0 Å². The Morgan fingerprint density at radius 2 is 2.00 bits per heavy atom. The summed E-state index contributed by atoms with van der Waals surface area (Å²) in [5, 5.41) is 19.3. The topological polar surface area (TPSA) is 56.6 Å². The number of hydrogen-bond donors (Lipinski definition) is 2. The third kappa shape index (κ3) is 1.68. The molecule has 5 heteroatoms. The van der Waals surface area contributed by atoms with Crippen molar-refractivity contribution >= 4 is 17.4 Å². The number of anilines is 1. The largest absolute Gasteiger partial charge is 0.389 e. The molecular formula is C9H11ClN2O2. The molecule has 2 unspecified atom stereocenters. The van der Waals surface area contributed by atoms with Gasteiger partial charge in [0.05, 0.1) is 17.2 Å². The van der Waals surface area contributed by atoms with E-state index in [-0.39, 0.29) is 0 Å². The number of β-amino-alcohol motifs (C(OH)–C–C–N with tert-alkyl or cyclic N) is 2. The van der Waals surface area contributed by atoms with E-state index in [1.54, 1.807) is 23.2 Å². The van der Waals surface area contributed by atoms with Gasteiger partial charge in [0.25, 0.3) is 0 Å². The molecule has 0 aliphatic carbocycles. The molecule has 1 saturated heterocycles. The fourth-order valence-corrected chi connectivity index (χ4v) is 1.79. The van der Waals surface area contributed by atoms with Gasteiger partial charge < -0.3 is 15.1 Å². The number of aliphatic hydroxyl groups excluding tert-OH is 2. The van der Waals surface area contributed by atoms with Crippen LogP contribution in [0, 0.1) is 0 Å². The van der Waals surface area contributed by atoms with Crippen LogP contribution in [0.5, 0.6) is 0 Å². The maximum Gasteiger partial charge on any atom is 0.147 e. The van der Waals surface area contributed by atoms with E-state index in [1.807, 2.05) is 0 Å². The van der Waals surface area contributed by atoms with Crippen molar-refractivity contribution in [2.45, 2.75) is 12.2 Å². The van der Waals surface area contributed by atoms with Crippen molar-refractivity contribution in [2.24, 2.45) is 0 Å². The first kappa shape index (κ1) is 9.71. The Bertz CT molecular complexity index is 324. The van der Waals surface area contributed by atoms with Crippen LogP contribution in [0.1, 0.15) is 0 Å². The fourth-order valence-electron chi connectivity index (χ4n) is 1.55. The summed E-state index contributed by atoms with van der Waals surface area (Å²) >= 11 is 5.93. The summed E-state index contributed by atoms with van der Waals surface area (Å²) < 4.78 is 0. The van der Waals surface area contributed by atoms with E-state index < -0.39 is 12.2 Å². The van der Waals surface area contributed by atoms with Crippen molar-refractivity contribution in [3.05, 3.63) is 23.4 Å². The molecule has 0 bridgehead atoms. The van der Waals surface area contributed by atoms with Gasteiger partial charge in [-0.15, -0.1) is 0 Å². The van der Waals surface area contributed by atoms with Crippen LogP contribution in [0.3, 0.4) is 0 Å². The zero-order valence-corrected chi connectivity index (χ0v) is 8.22. The average Bonchev–Trinajstić information content (AvgIpc) is 2.48. The van der Waals surface area contributed by atoms with Crippen molar-refractivity contribution in [3.8, 4) is 0 Å². The minimum absolute atomic E-state index is 0.373. The average molecular weight is 215 g/mol. The second kappa shape index (κ2) is 3.73. The van der Waals surface area contributed by atoms with Crippen LogP contribution in [0.2, 0.25) is 5.02 Å². The maximum absolute atomic E-state index is 9.36. The predicted octanol–water partition coefficient (Wildman–Crippen LogP) is 0.277. The van der Waals surface area contributed by atoms with Gasteiger partial charge in [-0.3, -0.25) is 0 Å². The summed E-state index contributed by atoms with van der Waals surface area (Å²) in [6.07, 6.45) is 0.208. The maximum atomic E-state index is 9.36. The van der Waals surface area contributed by atoms with E-state index >= 15 is 0 Å². The van der Waals surface area contributed by atoms with E-state index in [9.17, 15) is 10.2 Å². The van der Waals surface area contributed by atoms with Crippen LogP contribution in [-0.4, -0.2) is 40.5 Å². The SMILES string of the molecule is OC1CN(c2ncccc2Cl)CC1O. The van der Waals surface area contributed by atoms with Crippen LogP contribution in [0.15, 0.2) is 18.3 Å². The van der Waals surface area contributed by atoms with Gasteiger partial charge in [0, 0.05) is 19.3 Å². The Labute approximate surface area is 86.8 Å². The van der Waals surface area contributed by atoms with Gasteiger partial charge in [-0.2, -0.15) is 0 Å². The Morgan fingerprint density at radius 3 is 2.57 bits per heavy atom. The molecule has 0 amide bonds. The minimum atomic E-state index is -0.715. The molecule has 76 valence electrons. The second-order valence-corrected chi connectivity index (χ2v) is 3.76. The molecule has 2 N–H and O–H groups in total. The summed E-state index contributed by atoms with van der Waals surface area (Å²) in [6.45, 7) is 0.746. The van der Waals surface area contributed by atoms with Crippen LogP contribution in [-0.2, 0) is 0 Å². The Balaban J connectivity index is 2.21. The van der Waals surface area contributed by atoms with E-state index in [4.69, 9.17) is 11.6 Å².